The minimum Gasteiger partial charge on any atom is -0.335 e. The Kier molecular flexibility index (Phi) is 2.80. The van der Waals surface area contributed by atoms with Crippen molar-refractivity contribution < 1.29 is 8.91 Å². The molecular formula is C6H11FN2OP2. The lowest BCUT2D eigenvalue weighted by Gasteiger charge is -2.05. The van der Waals surface area contributed by atoms with Crippen molar-refractivity contribution in [3.8, 4) is 0 Å². The molecule has 0 saturated carbocycles. The molecule has 0 N–H and O–H groups in total. The van der Waals surface area contributed by atoms with Gasteiger partial charge in [-0.2, -0.15) is 4.98 Å². The predicted molar refractivity (Wildman–Crippen MR) is 50.6 cm³/mol. The van der Waals surface area contributed by atoms with E-state index in [9.17, 15) is 4.39 Å². The molecule has 0 aromatic carbocycles. The molecule has 0 radical (unpaired) electrons. The fraction of sp³-hybridized carbons (Fsp3) is 0.667. The van der Waals surface area contributed by atoms with Gasteiger partial charge in [-0.15, -0.1) is 0 Å². The lowest BCUT2D eigenvalue weighted by molar-refractivity contribution is 0.290. The van der Waals surface area contributed by atoms with Crippen LogP contribution in [0, 0.1) is 0 Å². The molecule has 2 atom stereocenters. The minimum absolute atomic E-state index is 0.0267. The number of aromatic nitrogens is 2. The Balaban J connectivity index is 2.92. The van der Waals surface area contributed by atoms with E-state index in [1.165, 1.54) is 0 Å². The summed E-state index contributed by atoms with van der Waals surface area (Å²) in [5.41, 5.74) is 0. The van der Waals surface area contributed by atoms with Crippen molar-refractivity contribution in [3.63, 3.8) is 0 Å². The Morgan fingerprint density at radius 2 is 2.08 bits per heavy atom. The number of rotatable bonds is 2. The molecule has 1 rings (SSSR count). The molecular weight excluding hydrogens is 197 g/mol. The van der Waals surface area contributed by atoms with Crippen LogP contribution in [-0.4, -0.2) is 10.1 Å². The van der Waals surface area contributed by atoms with E-state index >= 15 is 0 Å². The smallest absolute Gasteiger partial charge is 0.271 e. The van der Waals surface area contributed by atoms with Crippen LogP contribution in [0.5, 0.6) is 0 Å². The molecule has 1 aromatic rings. The van der Waals surface area contributed by atoms with Gasteiger partial charge in [-0.3, -0.25) is 0 Å². The largest absolute Gasteiger partial charge is 0.335 e. The minimum atomic E-state index is -1.71. The Bertz CT molecular complexity index is 269. The second-order valence-electron chi connectivity index (χ2n) is 2.88. The van der Waals surface area contributed by atoms with Crippen molar-refractivity contribution in [1.29, 1.82) is 0 Å². The van der Waals surface area contributed by atoms with Crippen molar-refractivity contribution in [1.82, 2.24) is 10.1 Å². The van der Waals surface area contributed by atoms with Gasteiger partial charge in [0.1, 0.15) is 0 Å². The van der Waals surface area contributed by atoms with E-state index in [-0.39, 0.29) is 11.8 Å². The third kappa shape index (κ3) is 2.21. The molecule has 0 fully saturated rings. The summed E-state index contributed by atoms with van der Waals surface area (Å²) < 4.78 is 17.8. The molecule has 1 heterocycles. The average Bonchev–Trinajstić information content (AvgIpc) is 2.30. The molecule has 0 aliphatic rings. The van der Waals surface area contributed by atoms with Crippen LogP contribution in [0.15, 0.2) is 4.52 Å². The van der Waals surface area contributed by atoms with Gasteiger partial charge in [0.2, 0.25) is 5.15 Å². The van der Waals surface area contributed by atoms with E-state index in [2.05, 4.69) is 10.1 Å². The Morgan fingerprint density at radius 1 is 1.50 bits per heavy atom. The van der Waals surface area contributed by atoms with Gasteiger partial charge in [0, 0.05) is 5.92 Å². The van der Waals surface area contributed by atoms with Crippen molar-refractivity contribution >= 4 is 18.5 Å². The second kappa shape index (κ2) is 3.35. The first-order chi connectivity index (χ1) is 5.41. The predicted octanol–water partition coefficient (Wildman–Crippen LogP) is 2.02. The first-order valence-corrected chi connectivity index (χ1v) is 4.67. The maximum atomic E-state index is 13.1. The summed E-state index contributed by atoms with van der Waals surface area (Å²) in [6, 6.07) is 0. The SMILES string of the molecule is CC(C)c1noc(C(F)(P)P)n1. The summed E-state index contributed by atoms with van der Waals surface area (Å²) in [5, 5.41) is 1.92. The molecule has 0 amide bonds. The normalized spacial score (nSPS) is 12.5. The van der Waals surface area contributed by atoms with Gasteiger partial charge in [-0.1, -0.05) is 37.5 Å². The van der Waals surface area contributed by atoms with Crippen molar-refractivity contribution in [3.05, 3.63) is 11.7 Å². The molecule has 12 heavy (non-hydrogen) atoms. The molecule has 2 unspecified atom stereocenters. The molecule has 3 nitrogen and oxygen atoms in total. The summed E-state index contributed by atoms with van der Waals surface area (Å²) >= 11 is 0. The van der Waals surface area contributed by atoms with Crippen LogP contribution in [0.1, 0.15) is 31.5 Å². The maximum Gasteiger partial charge on any atom is 0.271 e. The van der Waals surface area contributed by atoms with E-state index < -0.39 is 5.15 Å². The number of nitrogens with zero attached hydrogens (tertiary/aromatic N) is 2. The van der Waals surface area contributed by atoms with E-state index in [1.54, 1.807) is 0 Å². The fourth-order valence-corrected chi connectivity index (χ4v) is 0.860. The molecule has 0 spiro atoms. The zero-order valence-corrected chi connectivity index (χ0v) is 9.22. The van der Waals surface area contributed by atoms with Crippen molar-refractivity contribution in [2.45, 2.75) is 24.9 Å². The van der Waals surface area contributed by atoms with Crippen LogP contribution in [0.25, 0.3) is 0 Å². The first kappa shape index (κ1) is 10.0. The van der Waals surface area contributed by atoms with Gasteiger partial charge in [0.25, 0.3) is 5.89 Å². The summed E-state index contributed by atoms with van der Waals surface area (Å²) in [6.07, 6.45) is 0. The highest BCUT2D eigenvalue weighted by Crippen LogP contribution is 2.39. The standard InChI is InChI=1S/C6H11FN2OP2/c1-3(2)4-8-5(10-9-4)6(7,11)12/h3H,11-12H2,1-2H3. The maximum absolute atomic E-state index is 13.1. The third-order valence-corrected chi connectivity index (χ3v) is 1.78. The lowest BCUT2D eigenvalue weighted by atomic mass is 10.2. The van der Waals surface area contributed by atoms with Gasteiger partial charge in [-0.05, 0) is 0 Å². The quantitative estimate of drug-likeness (QED) is 0.698. The molecule has 0 aliphatic heterocycles. The summed E-state index contributed by atoms with van der Waals surface area (Å²) in [5.74, 6) is 0.651. The van der Waals surface area contributed by atoms with Crippen molar-refractivity contribution in [2.24, 2.45) is 0 Å². The van der Waals surface area contributed by atoms with Crippen LogP contribution >= 0.6 is 18.5 Å². The number of hydrogen-bond acceptors (Lipinski definition) is 3. The van der Waals surface area contributed by atoms with Gasteiger partial charge in [0.15, 0.2) is 5.82 Å². The highest BCUT2D eigenvalue weighted by Gasteiger charge is 2.27. The molecule has 1 aromatic heterocycles. The van der Waals surface area contributed by atoms with Gasteiger partial charge in [0.05, 0.1) is 0 Å². The molecule has 0 bridgehead atoms. The summed E-state index contributed by atoms with van der Waals surface area (Å²) in [4.78, 5) is 3.89. The van der Waals surface area contributed by atoms with Gasteiger partial charge >= 0.3 is 0 Å². The topological polar surface area (TPSA) is 38.9 Å². The zero-order chi connectivity index (χ0) is 9.35. The van der Waals surface area contributed by atoms with Crippen LogP contribution in [0.4, 0.5) is 4.39 Å². The van der Waals surface area contributed by atoms with E-state index in [4.69, 9.17) is 4.52 Å². The van der Waals surface area contributed by atoms with Crippen LogP contribution in [-0.2, 0) is 5.15 Å². The Hall–Kier alpha value is -0.0700. The lowest BCUT2D eigenvalue weighted by Crippen LogP contribution is -2.00. The van der Waals surface area contributed by atoms with Crippen molar-refractivity contribution in [2.75, 3.05) is 0 Å². The monoisotopic (exact) mass is 208 g/mol. The van der Waals surface area contributed by atoms with E-state index in [0.717, 1.165) is 0 Å². The summed E-state index contributed by atoms with van der Waals surface area (Å²) in [6.45, 7) is 3.83. The van der Waals surface area contributed by atoms with E-state index in [0.29, 0.717) is 5.82 Å². The third-order valence-electron chi connectivity index (χ3n) is 1.29. The van der Waals surface area contributed by atoms with Gasteiger partial charge < -0.3 is 4.52 Å². The second-order valence-corrected chi connectivity index (χ2v) is 5.23. The fourth-order valence-electron chi connectivity index (χ4n) is 0.625. The Morgan fingerprint density at radius 3 is 2.33 bits per heavy atom. The molecule has 68 valence electrons. The van der Waals surface area contributed by atoms with E-state index in [1.807, 2.05) is 32.3 Å². The van der Waals surface area contributed by atoms with Crippen LogP contribution in [0.3, 0.4) is 0 Å². The van der Waals surface area contributed by atoms with Gasteiger partial charge in [-0.25, -0.2) is 4.39 Å². The van der Waals surface area contributed by atoms with Crippen LogP contribution < -0.4 is 0 Å². The molecule has 0 saturated heterocycles. The molecule has 6 heteroatoms. The van der Waals surface area contributed by atoms with Crippen LogP contribution in [0.2, 0.25) is 0 Å². The number of hydrogen-bond donors (Lipinski definition) is 0. The highest BCUT2D eigenvalue weighted by atomic mass is 31.1. The highest BCUT2D eigenvalue weighted by molar-refractivity contribution is 7.38. The Labute approximate surface area is 74.9 Å². The first-order valence-electron chi connectivity index (χ1n) is 3.52. The number of alkyl halides is 1. The zero-order valence-electron chi connectivity index (χ0n) is 6.91. The molecule has 0 aliphatic carbocycles. The number of halogens is 1. The summed E-state index contributed by atoms with van der Waals surface area (Å²) in [7, 11) is 3.95. The average molecular weight is 208 g/mol.